The van der Waals surface area contributed by atoms with Crippen LogP contribution in [0.5, 0.6) is 0 Å². The van der Waals surface area contributed by atoms with Crippen LogP contribution < -0.4 is 0 Å². The van der Waals surface area contributed by atoms with Crippen molar-refractivity contribution >= 4 is 5.97 Å². The van der Waals surface area contributed by atoms with E-state index in [0.717, 1.165) is 32.1 Å². The summed E-state index contributed by atoms with van der Waals surface area (Å²) in [5.41, 5.74) is 4.85. The zero-order chi connectivity index (χ0) is 17.2. The van der Waals surface area contributed by atoms with E-state index in [1.54, 1.807) is 0 Å². The van der Waals surface area contributed by atoms with Crippen LogP contribution >= 0.6 is 0 Å². The third kappa shape index (κ3) is 8.56. The van der Waals surface area contributed by atoms with Gasteiger partial charge in [-0.3, -0.25) is 0 Å². The highest BCUT2D eigenvalue weighted by Gasteiger charge is 2.22. The first kappa shape index (κ1) is 19.4. The second kappa shape index (κ2) is 10.2. The number of carbonyl (C=O) groups excluding carboxylic acids is 1. The Hall–Kier alpha value is -1.61. The minimum atomic E-state index is -1.04. The summed E-state index contributed by atoms with van der Waals surface area (Å²) in [7, 11) is 0. The van der Waals surface area contributed by atoms with Crippen LogP contribution in [0.15, 0.2) is 46.6 Å². The number of cyclic esters (lactones) is 1. The second-order valence-electron chi connectivity index (χ2n) is 6.51. The topological polar surface area (TPSA) is 46.5 Å². The summed E-state index contributed by atoms with van der Waals surface area (Å²) in [6.07, 6.45) is 13.0. The van der Waals surface area contributed by atoms with Crippen LogP contribution in [0.3, 0.4) is 0 Å². The molecule has 1 rings (SSSR count). The average Bonchev–Trinajstić information content (AvgIpc) is 2.76. The van der Waals surface area contributed by atoms with Crippen LogP contribution in [0.2, 0.25) is 0 Å². The molecule has 0 saturated heterocycles. The Bertz CT molecular complexity index is 517. The van der Waals surface area contributed by atoms with Gasteiger partial charge in [0.2, 0.25) is 6.29 Å². The molecule has 23 heavy (non-hydrogen) atoms. The molecule has 1 N–H and O–H groups in total. The van der Waals surface area contributed by atoms with Crippen LogP contribution in [0.25, 0.3) is 0 Å². The van der Waals surface area contributed by atoms with Gasteiger partial charge in [-0.15, -0.1) is 0 Å². The largest absolute Gasteiger partial charge is 0.429 e. The molecule has 1 aliphatic heterocycles. The molecule has 0 spiro atoms. The zero-order valence-electron chi connectivity index (χ0n) is 14.9. The van der Waals surface area contributed by atoms with Gasteiger partial charge in [0, 0.05) is 11.6 Å². The molecule has 0 aromatic heterocycles. The second-order valence-corrected chi connectivity index (χ2v) is 6.51. The Morgan fingerprint density at radius 3 is 2.13 bits per heavy atom. The van der Waals surface area contributed by atoms with Gasteiger partial charge in [-0.1, -0.05) is 34.9 Å². The Labute approximate surface area is 140 Å². The van der Waals surface area contributed by atoms with E-state index in [0.29, 0.717) is 12.0 Å². The SMILES string of the molecule is CC(C)=CCC/C(C)=C/CC/C(C)=C/CCC1=CC(=O)OC1O. The summed E-state index contributed by atoms with van der Waals surface area (Å²) < 4.78 is 4.66. The van der Waals surface area contributed by atoms with Gasteiger partial charge < -0.3 is 9.84 Å². The molecule has 0 radical (unpaired) electrons. The molecule has 1 unspecified atom stereocenters. The van der Waals surface area contributed by atoms with Crippen molar-refractivity contribution in [1.82, 2.24) is 0 Å². The zero-order valence-corrected chi connectivity index (χ0v) is 14.9. The lowest BCUT2D eigenvalue weighted by atomic mass is 10.0. The number of allylic oxidation sites excluding steroid dienone is 6. The Morgan fingerprint density at radius 1 is 1.04 bits per heavy atom. The molecular weight excluding hydrogens is 288 g/mol. The van der Waals surface area contributed by atoms with Crippen LogP contribution in [-0.2, 0) is 9.53 Å². The third-order valence-corrected chi connectivity index (χ3v) is 3.90. The van der Waals surface area contributed by atoms with E-state index in [4.69, 9.17) is 0 Å². The van der Waals surface area contributed by atoms with Crippen LogP contribution in [0, 0.1) is 0 Å². The van der Waals surface area contributed by atoms with Gasteiger partial charge in [0.15, 0.2) is 0 Å². The van der Waals surface area contributed by atoms with Crippen molar-refractivity contribution in [3.05, 3.63) is 46.6 Å². The fourth-order valence-electron chi connectivity index (χ4n) is 2.46. The van der Waals surface area contributed by atoms with E-state index in [9.17, 15) is 9.90 Å². The number of esters is 1. The first-order chi connectivity index (χ1) is 10.9. The van der Waals surface area contributed by atoms with Gasteiger partial charge in [0.05, 0.1) is 0 Å². The molecular formula is C20H30O3. The number of ether oxygens (including phenoxy) is 1. The summed E-state index contributed by atoms with van der Waals surface area (Å²) in [6, 6.07) is 0. The molecule has 3 nitrogen and oxygen atoms in total. The number of carbonyl (C=O) groups is 1. The Kier molecular flexibility index (Phi) is 8.64. The molecule has 0 bridgehead atoms. The Morgan fingerprint density at radius 2 is 1.61 bits per heavy atom. The maximum atomic E-state index is 11.0. The molecule has 0 aromatic carbocycles. The van der Waals surface area contributed by atoms with Crippen molar-refractivity contribution in [1.29, 1.82) is 0 Å². The van der Waals surface area contributed by atoms with Gasteiger partial charge in [0.25, 0.3) is 0 Å². The third-order valence-electron chi connectivity index (χ3n) is 3.90. The quantitative estimate of drug-likeness (QED) is 0.481. The lowest BCUT2D eigenvalue weighted by Crippen LogP contribution is -2.09. The molecule has 0 aromatic rings. The lowest BCUT2D eigenvalue weighted by molar-refractivity contribution is -0.151. The van der Waals surface area contributed by atoms with Crippen molar-refractivity contribution in [2.75, 3.05) is 0 Å². The molecule has 1 heterocycles. The van der Waals surface area contributed by atoms with Crippen LogP contribution in [-0.4, -0.2) is 17.4 Å². The summed E-state index contributed by atoms with van der Waals surface area (Å²) in [5.74, 6) is -0.443. The van der Waals surface area contributed by atoms with E-state index < -0.39 is 12.3 Å². The van der Waals surface area contributed by atoms with E-state index in [1.165, 1.54) is 22.8 Å². The summed E-state index contributed by atoms with van der Waals surface area (Å²) in [6.45, 7) is 8.60. The fraction of sp³-hybridized carbons (Fsp3) is 0.550. The van der Waals surface area contributed by atoms with Crippen LogP contribution in [0.4, 0.5) is 0 Å². The van der Waals surface area contributed by atoms with Crippen molar-refractivity contribution in [2.24, 2.45) is 0 Å². The highest BCUT2D eigenvalue weighted by atomic mass is 16.6. The fourth-order valence-corrected chi connectivity index (χ4v) is 2.46. The van der Waals surface area contributed by atoms with E-state index >= 15 is 0 Å². The molecule has 0 fully saturated rings. The van der Waals surface area contributed by atoms with E-state index in [1.807, 2.05) is 0 Å². The van der Waals surface area contributed by atoms with Crippen molar-refractivity contribution in [3.63, 3.8) is 0 Å². The smallest absolute Gasteiger partial charge is 0.333 e. The molecule has 0 saturated carbocycles. The number of hydrogen-bond donors (Lipinski definition) is 1. The van der Waals surface area contributed by atoms with Crippen molar-refractivity contribution in [3.8, 4) is 0 Å². The lowest BCUT2D eigenvalue weighted by Gasteiger charge is -2.06. The van der Waals surface area contributed by atoms with Gasteiger partial charge >= 0.3 is 5.97 Å². The van der Waals surface area contributed by atoms with E-state index in [2.05, 4.69) is 50.7 Å². The minimum Gasteiger partial charge on any atom is -0.429 e. The van der Waals surface area contributed by atoms with Gasteiger partial charge in [-0.25, -0.2) is 4.79 Å². The number of hydrogen-bond acceptors (Lipinski definition) is 3. The first-order valence-electron chi connectivity index (χ1n) is 8.42. The molecule has 1 atom stereocenters. The molecule has 3 heteroatoms. The van der Waals surface area contributed by atoms with Crippen LogP contribution in [0.1, 0.15) is 66.2 Å². The predicted octanol–water partition coefficient (Wildman–Crippen LogP) is 4.99. The number of aliphatic hydroxyl groups is 1. The number of rotatable bonds is 9. The monoisotopic (exact) mass is 318 g/mol. The molecule has 0 amide bonds. The maximum Gasteiger partial charge on any atom is 0.333 e. The molecule has 0 aliphatic carbocycles. The van der Waals surface area contributed by atoms with Gasteiger partial charge in [-0.05, 0) is 66.2 Å². The summed E-state index contributed by atoms with van der Waals surface area (Å²) in [5, 5.41) is 9.49. The average molecular weight is 318 g/mol. The molecule has 1 aliphatic rings. The highest BCUT2D eigenvalue weighted by Crippen LogP contribution is 2.19. The predicted molar refractivity (Wildman–Crippen MR) is 94.8 cm³/mol. The number of aliphatic hydroxyl groups excluding tert-OH is 1. The van der Waals surface area contributed by atoms with E-state index in [-0.39, 0.29) is 0 Å². The summed E-state index contributed by atoms with van der Waals surface area (Å²) >= 11 is 0. The summed E-state index contributed by atoms with van der Waals surface area (Å²) in [4.78, 5) is 11.0. The normalized spacial score (nSPS) is 18.7. The highest BCUT2D eigenvalue weighted by molar-refractivity contribution is 5.85. The van der Waals surface area contributed by atoms with Gasteiger partial charge in [0.1, 0.15) is 0 Å². The van der Waals surface area contributed by atoms with Crippen molar-refractivity contribution in [2.45, 2.75) is 72.5 Å². The first-order valence-corrected chi connectivity index (χ1v) is 8.42. The maximum absolute atomic E-state index is 11.0. The van der Waals surface area contributed by atoms with Crippen molar-refractivity contribution < 1.29 is 14.6 Å². The molecule has 128 valence electrons. The standard InChI is InChI=1S/C20H30O3/c1-15(2)8-5-9-16(3)10-6-11-17(4)12-7-13-18-14-19(21)23-20(18)22/h8,10,12,14,20,22H,5-7,9,11,13H2,1-4H3/b16-10+,17-12+. The van der Waals surface area contributed by atoms with Gasteiger partial charge in [-0.2, -0.15) is 0 Å². The minimum absolute atomic E-state index is 0.443. The Balaban J connectivity index is 2.25.